The molecule has 22 heavy (non-hydrogen) atoms. The Bertz CT molecular complexity index is 678. The van der Waals surface area contributed by atoms with Gasteiger partial charge in [0, 0.05) is 18.8 Å². The van der Waals surface area contributed by atoms with Crippen molar-refractivity contribution in [2.45, 2.75) is 6.92 Å². The lowest BCUT2D eigenvalue weighted by atomic mass is 10.3. The van der Waals surface area contributed by atoms with Gasteiger partial charge < -0.3 is 19.4 Å². The highest BCUT2D eigenvalue weighted by molar-refractivity contribution is 5.98. The first kappa shape index (κ1) is 15.6. The lowest BCUT2D eigenvalue weighted by Crippen LogP contribution is -2.34. The molecule has 0 aliphatic heterocycles. The van der Waals surface area contributed by atoms with Gasteiger partial charge in [0.2, 0.25) is 5.91 Å². The number of benzene rings is 1. The molecule has 1 heterocycles. The average Bonchev–Trinajstić information content (AvgIpc) is 2.93. The van der Waals surface area contributed by atoms with Gasteiger partial charge in [0.05, 0.1) is 13.7 Å². The molecule has 0 fully saturated rings. The fourth-order valence-electron chi connectivity index (χ4n) is 1.93. The summed E-state index contributed by atoms with van der Waals surface area (Å²) in [7, 11) is 3.10. The smallest absolute Gasteiger partial charge is 0.289 e. The van der Waals surface area contributed by atoms with E-state index in [0.717, 1.165) is 0 Å². The normalized spacial score (nSPS) is 10.1. The summed E-state index contributed by atoms with van der Waals surface area (Å²) in [5.41, 5.74) is 0.610. The Kier molecular flexibility index (Phi) is 4.83. The standard InChI is InChI=1S/C16H18N2O4/c1-11-7-8-14(22-11)16(20)18(2)10-15(19)17-12-5-4-6-13(9-12)21-3/h4-9H,10H2,1-3H3,(H,17,19). The van der Waals surface area contributed by atoms with Crippen LogP contribution in [0.4, 0.5) is 5.69 Å². The van der Waals surface area contributed by atoms with Gasteiger partial charge in [-0.3, -0.25) is 9.59 Å². The second-order valence-electron chi connectivity index (χ2n) is 4.85. The summed E-state index contributed by atoms with van der Waals surface area (Å²) in [5, 5.41) is 2.72. The number of aryl methyl sites for hydroxylation is 1. The van der Waals surface area contributed by atoms with Crippen LogP contribution in [0.15, 0.2) is 40.8 Å². The second-order valence-corrected chi connectivity index (χ2v) is 4.85. The first-order valence-corrected chi connectivity index (χ1v) is 6.75. The summed E-state index contributed by atoms with van der Waals surface area (Å²) in [5.74, 6) is 0.876. The number of carbonyl (C=O) groups is 2. The summed E-state index contributed by atoms with van der Waals surface area (Å²) in [6, 6.07) is 10.3. The van der Waals surface area contributed by atoms with Crippen LogP contribution in [0, 0.1) is 6.92 Å². The highest BCUT2D eigenvalue weighted by Crippen LogP contribution is 2.16. The number of hydrogen-bond donors (Lipinski definition) is 1. The molecule has 1 N–H and O–H groups in total. The van der Waals surface area contributed by atoms with E-state index >= 15 is 0 Å². The van der Waals surface area contributed by atoms with E-state index in [1.165, 1.54) is 4.90 Å². The summed E-state index contributed by atoms with van der Waals surface area (Å²) in [6.07, 6.45) is 0. The van der Waals surface area contributed by atoms with Gasteiger partial charge in [0.25, 0.3) is 5.91 Å². The third-order valence-electron chi connectivity index (χ3n) is 3.03. The van der Waals surface area contributed by atoms with Gasteiger partial charge >= 0.3 is 0 Å². The molecular weight excluding hydrogens is 284 g/mol. The Morgan fingerprint density at radius 2 is 2.05 bits per heavy atom. The van der Waals surface area contributed by atoms with E-state index in [0.29, 0.717) is 17.2 Å². The predicted molar refractivity (Wildman–Crippen MR) is 82.0 cm³/mol. The maximum atomic E-state index is 12.1. The van der Waals surface area contributed by atoms with E-state index in [4.69, 9.17) is 9.15 Å². The molecule has 0 aliphatic rings. The fraction of sp³-hybridized carbons (Fsp3) is 0.250. The number of rotatable bonds is 5. The molecule has 1 aromatic heterocycles. The van der Waals surface area contributed by atoms with Gasteiger partial charge in [-0.1, -0.05) is 6.07 Å². The number of nitrogens with one attached hydrogen (secondary N) is 1. The molecule has 0 aliphatic carbocycles. The van der Waals surface area contributed by atoms with Crippen molar-refractivity contribution < 1.29 is 18.7 Å². The number of anilines is 1. The van der Waals surface area contributed by atoms with Crippen molar-refractivity contribution in [2.24, 2.45) is 0 Å². The summed E-state index contributed by atoms with van der Waals surface area (Å²) in [4.78, 5) is 25.4. The summed E-state index contributed by atoms with van der Waals surface area (Å²) in [6.45, 7) is 1.68. The molecule has 116 valence electrons. The van der Waals surface area contributed by atoms with E-state index in [1.54, 1.807) is 57.5 Å². The third-order valence-corrected chi connectivity index (χ3v) is 3.03. The molecule has 0 unspecified atom stereocenters. The van der Waals surface area contributed by atoms with E-state index < -0.39 is 0 Å². The minimum absolute atomic E-state index is 0.0736. The molecule has 0 radical (unpaired) electrons. The van der Waals surface area contributed by atoms with E-state index in [1.807, 2.05) is 0 Å². The van der Waals surface area contributed by atoms with Crippen molar-refractivity contribution in [2.75, 3.05) is 26.0 Å². The first-order chi connectivity index (χ1) is 10.5. The van der Waals surface area contributed by atoms with Crippen LogP contribution in [0.25, 0.3) is 0 Å². The molecule has 0 bridgehead atoms. The maximum absolute atomic E-state index is 12.1. The number of methoxy groups -OCH3 is 1. The highest BCUT2D eigenvalue weighted by atomic mass is 16.5. The Hall–Kier alpha value is -2.76. The molecule has 0 spiro atoms. The van der Waals surface area contributed by atoms with Gasteiger partial charge in [-0.05, 0) is 31.2 Å². The number of furan rings is 1. The summed E-state index contributed by atoms with van der Waals surface area (Å²) >= 11 is 0. The quantitative estimate of drug-likeness (QED) is 0.920. The molecule has 0 atom stereocenters. The minimum atomic E-state index is -0.339. The zero-order chi connectivity index (χ0) is 16.1. The van der Waals surface area contributed by atoms with Gasteiger partial charge in [0.1, 0.15) is 11.5 Å². The van der Waals surface area contributed by atoms with Gasteiger partial charge in [0.15, 0.2) is 5.76 Å². The summed E-state index contributed by atoms with van der Waals surface area (Å²) < 4.78 is 10.3. The second kappa shape index (κ2) is 6.80. The number of carbonyl (C=O) groups excluding carboxylic acids is 2. The van der Waals surface area contributed by atoms with Crippen LogP contribution in [0.5, 0.6) is 5.75 Å². The van der Waals surface area contributed by atoms with Crippen LogP contribution in [-0.4, -0.2) is 37.4 Å². The zero-order valence-electron chi connectivity index (χ0n) is 12.8. The Morgan fingerprint density at radius 1 is 1.27 bits per heavy atom. The minimum Gasteiger partial charge on any atom is -0.497 e. The number of hydrogen-bond acceptors (Lipinski definition) is 4. The highest BCUT2D eigenvalue weighted by Gasteiger charge is 2.17. The molecule has 1 aromatic carbocycles. The Balaban J connectivity index is 1.94. The molecule has 6 heteroatoms. The molecule has 2 rings (SSSR count). The Morgan fingerprint density at radius 3 is 2.68 bits per heavy atom. The molecule has 6 nitrogen and oxygen atoms in total. The fourth-order valence-corrected chi connectivity index (χ4v) is 1.93. The topological polar surface area (TPSA) is 71.8 Å². The van der Waals surface area contributed by atoms with E-state index in [2.05, 4.69) is 5.32 Å². The van der Waals surface area contributed by atoms with Crippen molar-refractivity contribution in [3.63, 3.8) is 0 Å². The predicted octanol–water partition coefficient (Wildman–Crippen LogP) is 2.31. The molecule has 2 aromatic rings. The van der Waals surface area contributed by atoms with Crippen LogP contribution >= 0.6 is 0 Å². The first-order valence-electron chi connectivity index (χ1n) is 6.75. The van der Waals surface area contributed by atoms with Crippen LogP contribution in [-0.2, 0) is 4.79 Å². The van der Waals surface area contributed by atoms with Crippen LogP contribution in [0.1, 0.15) is 16.3 Å². The van der Waals surface area contributed by atoms with Crippen LogP contribution in [0.2, 0.25) is 0 Å². The zero-order valence-corrected chi connectivity index (χ0v) is 12.8. The Labute approximate surface area is 128 Å². The monoisotopic (exact) mass is 302 g/mol. The molecule has 2 amide bonds. The van der Waals surface area contributed by atoms with Crippen molar-refractivity contribution in [1.82, 2.24) is 4.90 Å². The molecular formula is C16H18N2O4. The van der Waals surface area contributed by atoms with Crippen molar-refractivity contribution >= 4 is 17.5 Å². The lowest BCUT2D eigenvalue weighted by Gasteiger charge is -2.15. The third kappa shape index (κ3) is 3.88. The van der Waals surface area contributed by atoms with Crippen molar-refractivity contribution in [3.05, 3.63) is 47.9 Å². The van der Waals surface area contributed by atoms with Gasteiger partial charge in [-0.2, -0.15) is 0 Å². The largest absolute Gasteiger partial charge is 0.497 e. The molecule has 0 saturated carbocycles. The SMILES string of the molecule is COc1cccc(NC(=O)CN(C)C(=O)c2ccc(C)o2)c1. The van der Waals surface area contributed by atoms with Gasteiger partial charge in [-0.25, -0.2) is 0 Å². The number of amides is 2. The maximum Gasteiger partial charge on any atom is 0.289 e. The number of nitrogens with zero attached hydrogens (tertiary/aromatic N) is 1. The van der Waals surface area contributed by atoms with Crippen molar-refractivity contribution in [1.29, 1.82) is 0 Å². The van der Waals surface area contributed by atoms with Crippen LogP contribution in [0.3, 0.4) is 0 Å². The number of ether oxygens (including phenoxy) is 1. The van der Waals surface area contributed by atoms with E-state index in [9.17, 15) is 9.59 Å². The average molecular weight is 302 g/mol. The van der Waals surface area contributed by atoms with Gasteiger partial charge in [-0.15, -0.1) is 0 Å². The number of likely N-dealkylation sites (N-methyl/N-ethyl adjacent to an activating group) is 1. The molecule has 0 saturated heterocycles. The van der Waals surface area contributed by atoms with Crippen LogP contribution < -0.4 is 10.1 Å². The van der Waals surface area contributed by atoms with Crippen molar-refractivity contribution in [3.8, 4) is 5.75 Å². The van der Waals surface area contributed by atoms with E-state index in [-0.39, 0.29) is 24.1 Å². The lowest BCUT2D eigenvalue weighted by molar-refractivity contribution is -0.116.